The molecule has 0 bridgehead atoms. The van der Waals surface area contributed by atoms with Crippen molar-refractivity contribution in [2.75, 3.05) is 20.8 Å². The van der Waals surface area contributed by atoms with Crippen LogP contribution in [0.15, 0.2) is 65.3 Å². The van der Waals surface area contributed by atoms with E-state index in [1.165, 1.54) is 5.56 Å². The highest BCUT2D eigenvalue weighted by Gasteiger charge is 2.18. The zero-order valence-electron chi connectivity index (χ0n) is 18.0. The van der Waals surface area contributed by atoms with E-state index in [0.717, 1.165) is 16.5 Å². The third kappa shape index (κ3) is 4.43. The first-order valence-corrected chi connectivity index (χ1v) is 10.2. The van der Waals surface area contributed by atoms with Crippen molar-refractivity contribution in [3.8, 4) is 11.5 Å². The fourth-order valence-corrected chi connectivity index (χ4v) is 3.76. The van der Waals surface area contributed by atoms with E-state index in [1.54, 1.807) is 20.5 Å². The first-order chi connectivity index (χ1) is 15.1. The number of aromatic nitrogens is 1. The van der Waals surface area contributed by atoms with Crippen LogP contribution in [-0.2, 0) is 13.0 Å². The van der Waals surface area contributed by atoms with E-state index in [4.69, 9.17) is 13.9 Å². The largest absolute Gasteiger partial charge is 0.493 e. The molecular weight excluding hydrogens is 392 g/mol. The van der Waals surface area contributed by atoms with Gasteiger partial charge in [-0.1, -0.05) is 35.9 Å². The Bertz CT molecular complexity index is 1210. The third-order valence-electron chi connectivity index (χ3n) is 5.31. The van der Waals surface area contributed by atoms with Crippen molar-refractivity contribution >= 4 is 17.0 Å². The fourth-order valence-electron chi connectivity index (χ4n) is 3.76. The van der Waals surface area contributed by atoms with Gasteiger partial charge in [-0.15, -0.1) is 0 Å². The highest BCUT2D eigenvalue weighted by Crippen LogP contribution is 2.27. The Hall–Kier alpha value is -3.67. The average molecular weight is 418 g/mol. The van der Waals surface area contributed by atoms with E-state index < -0.39 is 0 Å². The van der Waals surface area contributed by atoms with Crippen molar-refractivity contribution < 1.29 is 18.7 Å². The van der Waals surface area contributed by atoms with E-state index in [9.17, 15) is 4.79 Å². The Balaban J connectivity index is 1.48. The lowest BCUT2D eigenvalue weighted by Crippen LogP contribution is -2.28. The second kappa shape index (κ2) is 9.00. The van der Waals surface area contributed by atoms with Gasteiger partial charge in [0.1, 0.15) is 5.69 Å². The number of nitrogens with one attached hydrogen (secondary N) is 1. The summed E-state index contributed by atoms with van der Waals surface area (Å²) in [6.07, 6.45) is 2.33. The van der Waals surface area contributed by atoms with Gasteiger partial charge >= 0.3 is 0 Å². The quantitative estimate of drug-likeness (QED) is 0.455. The molecule has 6 nitrogen and oxygen atoms in total. The minimum Gasteiger partial charge on any atom is -0.493 e. The minimum absolute atomic E-state index is 0.125. The monoisotopic (exact) mass is 418 g/mol. The highest BCUT2D eigenvalue weighted by atomic mass is 16.5. The predicted octanol–water partition coefficient (Wildman–Crippen LogP) is 4.58. The van der Waals surface area contributed by atoms with Gasteiger partial charge in [-0.25, -0.2) is 0 Å². The number of amides is 1. The van der Waals surface area contributed by atoms with E-state index in [0.29, 0.717) is 42.4 Å². The van der Waals surface area contributed by atoms with Crippen molar-refractivity contribution in [3.63, 3.8) is 0 Å². The molecule has 0 atom stereocenters. The van der Waals surface area contributed by atoms with E-state index in [-0.39, 0.29) is 5.91 Å². The van der Waals surface area contributed by atoms with Crippen molar-refractivity contribution in [3.05, 3.63) is 83.2 Å². The molecule has 0 spiro atoms. The molecule has 6 heteroatoms. The number of nitrogens with zero attached hydrogens (tertiary/aromatic N) is 1. The molecule has 0 fully saturated rings. The molecule has 2 heterocycles. The summed E-state index contributed by atoms with van der Waals surface area (Å²) in [5.74, 6) is 1.24. The molecule has 2 aromatic heterocycles. The van der Waals surface area contributed by atoms with Crippen molar-refractivity contribution in [2.24, 2.45) is 0 Å². The maximum absolute atomic E-state index is 13.0. The lowest BCUT2D eigenvalue weighted by Gasteiger charge is -2.12. The summed E-state index contributed by atoms with van der Waals surface area (Å²) in [6.45, 7) is 3.13. The SMILES string of the molecule is COc1ccc(CCNC(=O)c2cc3ccoc3n2Cc2cccc(C)c2)cc1OC. The Morgan fingerprint density at radius 2 is 1.84 bits per heavy atom. The van der Waals surface area contributed by atoms with Gasteiger partial charge in [-0.3, -0.25) is 4.79 Å². The number of carbonyl (C=O) groups excluding carboxylic acids is 1. The molecule has 0 aliphatic rings. The van der Waals surface area contributed by atoms with Crippen LogP contribution >= 0.6 is 0 Å². The Morgan fingerprint density at radius 3 is 2.61 bits per heavy atom. The van der Waals surface area contributed by atoms with Crippen LogP contribution in [0.3, 0.4) is 0 Å². The van der Waals surface area contributed by atoms with Crippen molar-refractivity contribution in [1.29, 1.82) is 0 Å². The molecule has 31 heavy (non-hydrogen) atoms. The molecular formula is C25H26N2O4. The van der Waals surface area contributed by atoms with Gasteiger partial charge in [-0.2, -0.15) is 0 Å². The van der Waals surface area contributed by atoms with Crippen LogP contribution in [0, 0.1) is 6.92 Å². The maximum Gasteiger partial charge on any atom is 0.268 e. The maximum atomic E-state index is 13.0. The number of hydrogen-bond donors (Lipinski definition) is 1. The summed E-state index contributed by atoms with van der Waals surface area (Å²) in [4.78, 5) is 13.0. The molecule has 1 N–H and O–H groups in total. The van der Waals surface area contributed by atoms with Crippen LogP contribution < -0.4 is 14.8 Å². The summed E-state index contributed by atoms with van der Waals surface area (Å²) >= 11 is 0. The summed E-state index contributed by atoms with van der Waals surface area (Å²) in [7, 11) is 3.22. The summed E-state index contributed by atoms with van der Waals surface area (Å²) < 4.78 is 18.2. The zero-order valence-corrected chi connectivity index (χ0v) is 18.0. The number of rotatable bonds is 8. The number of methoxy groups -OCH3 is 2. The topological polar surface area (TPSA) is 65.6 Å². The van der Waals surface area contributed by atoms with Crippen LogP contribution in [0.4, 0.5) is 0 Å². The van der Waals surface area contributed by atoms with Gasteiger partial charge in [0, 0.05) is 11.9 Å². The summed E-state index contributed by atoms with van der Waals surface area (Å²) in [5.41, 5.74) is 4.64. The first kappa shape index (κ1) is 20.6. The molecule has 0 aliphatic carbocycles. The van der Waals surface area contributed by atoms with E-state index in [1.807, 2.05) is 41.0 Å². The van der Waals surface area contributed by atoms with Crippen molar-refractivity contribution in [1.82, 2.24) is 9.88 Å². The van der Waals surface area contributed by atoms with Gasteiger partial charge in [0.15, 0.2) is 11.5 Å². The van der Waals surface area contributed by atoms with Gasteiger partial charge in [0.05, 0.1) is 27.0 Å². The summed E-state index contributed by atoms with van der Waals surface area (Å²) in [5, 5.41) is 3.94. The Morgan fingerprint density at radius 1 is 1.00 bits per heavy atom. The molecule has 2 aromatic carbocycles. The van der Waals surface area contributed by atoms with E-state index in [2.05, 4.69) is 30.4 Å². The van der Waals surface area contributed by atoms with Gasteiger partial charge in [0.25, 0.3) is 5.91 Å². The molecule has 4 aromatic rings. The third-order valence-corrected chi connectivity index (χ3v) is 5.31. The minimum atomic E-state index is -0.125. The number of ether oxygens (including phenoxy) is 2. The normalized spacial score (nSPS) is 10.9. The van der Waals surface area contributed by atoms with Crippen LogP contribution in [0.5, 0.6) is 11.5 Å². The summed E-state index contributed by atoms with van der Waals surface area (Å²) in [6, 6.07) is 17.8. The predicted molar refractivity (Wildman–Crippen MR) is 120 cm³/mol. The average Bonchev–Trinajstić information content (AvgIpc) is 3.36. The Labute approximate surface area is 181 Å². The van der Waals surface area contributed by atoms with Crippen LogP contribution in [0.25, 0.3) is 11.1 Å². The lowest BCUT2D eigenvalue weighted by atomic mass is 10.1. The number of fused-ring (bicyclic) bond motifs is 1. The first-order valence-electron chi connectivity index (χ1n) is 10.2. The molecule has 0 unspecified atom stereocenters. The zero-order chi connectivity index (χ0) is 21.8. The van der Waals surface area contributed by atoms with E-state index >= 15 is 0 Å². The number of hydrogen-bond acceptors (Lipinski definition) is 4. The molecule has 0 saturated carbocycles. The van der Waals surface area contributed by atoms with Gasteiger partial charge in [-0.05, 0) is 48.7 Å². The van der Waals surface area contributed by atoms with Gasteiger partial charge in [0.2, 0.25) is 5.71 Å². The second-order valence-electron chi connectivity index (χ2n) is 7.48. The van der Waals surface area contributed by atoms with Crippen molar-refractivity contribution in [2.45, 2.75) is 19.9 Å². The smallest absolute Gasteiger partial charge is 0.268 e. The van der Waals surface area contributed by atoms with Crippen LogP contribution in [-0.4, -0.2) is 31.2 Å². The highest BCUT2D eigenvalue weighted by molar-refractivity contribution is 5.97. The number of furan rings is 1. The molecule has 4 rings (SSSR count). The molecule has 0 saturated heterocycles. The molecule has 0 radical (unpaired) electrons. The standard InChI is InChI=1S/C25H26N2O4/c1-17-5-4-6-19(13-17)16-27-21(15-20-10-12-31-25(20)27)24(28)26-11-9-18-7-8-22(29-2)23(14-18)30-3/h4-8,10,12-15H,9,11,16H2,1-3H3,(H,26,28). The van der Waals surface area contributed by atoms with Gasteiger partial charge < -0.3 is 23.8 Å². The van der Waals surface area contributed by atoms with Crippen LogP contribution in [0.2, 0.25) is 0 Å². The molecule has 160 valence electrons. The number of benzene rings is 2. The molecule has 0 aliphatic heterocycles. The Kier molecular flexibility index (Phi) is 5.98. The lowest BCUT2D eigenvalue weighted by molar-refractivity contribution is 0.0945. The molecule has 1 amide bonds. The number of carbonyl (C=O) groups is 1. The number of aryl methyl sites for hydroxylation is 1. The second-order valence-corrected chi connectivity index (χ2v) is 7.48. The van der Waals surface area contributed by atoms with Crippen LogP contribution in [0.1, 0.15) is 27.2 Å². The fraction of sp³-hybridized carbons (Fsp3) is 0.240.